The number of amides is 1. The fourth-order valence-corrected chi connectivity index (χ4v) is 5.58. The summed E-state index contributed by atoms with van der Waals surface area (Å²) >= 11 is 1.68. The molecule has 1 fully saturated rings. The summed E-state index contributed by atoms with van der Waals surface area (Å²) in [5.74, 6) is -0.696. The Labute approximate surface area is 220 Å². The Morgan fingerprint density at radius 2 is 1.78 bits per heavy atom. The molecule has 8 atom stereocenters. The van der Waals surface area contributed by atoms with Gasteiger partial charge in [-0.05, 0) is 62.4 Å². The van der Waals surface area contributed by atoms with Crippen LogP contribution < -0.4 is 5.32 Å². The molecule has 0 radical (unpaired) electrons. The number of thiophene rings is 1. The van der Waals surface area contributed by atoms with E-state index in [-0.39, 0.29) is 25.3 Å². The van der Waals surface area contributed by atoms with Crippen LogP contribution in [-0.4, -0.2) is 97.4 Å². The molecule has 0 spiro atoms. The number of pyridine rings is 1. The van der Waals surface area contributed by atoms with Gasteiger partial charge in [0.05, 0.1) is 24.9 Å². The van der Waals surface area contributed by atoms with E-state index in [9.17, 15) is 35.4 Å². The lowest BCUT2D eigenvalue weighted by Gasteiger charge is -2.40. The topological polar surface area (TPSA) is 173 Å². The van der Waals surface area contributed by atoms with Gasteiger partial charge < -0.3 is 40.7 Å². The normalized spacial score (nSPS) is 26.4. The Hall–Kier alpha value is -1.96. The van der Waals surface area contributed by atoms with Crippen molar-refractivity contribution < 1.29 is 40.2 Å². The number of carbonyl (C=O) groups is 1. The minimum absolute atomic E-state index is 0.119. The van der Waals surface area contributed by atoms with Gasteiger partial charge in [0.25, 0.3) is 0 Å². The van der Waals surface area contributed by atoms with Gasteiger partial charge in [-0.25, -0.2) is 0 Å². The molecule has 1 aliphatic heterocycles. The zero-order chi connectivity index (χ0) is 26.9. The quantitative estimate of drug-likeness (QED) is 0.188. The molecule has 2 aromatic heterocycles. The summed E-state index contributed by atoms with van der Waals surface area (Å²) in [7, 11) is 0. The smallest absolute Gasteiger partial charge is 0.220 e. The van der Waals surface area contributed by atoms with Crippen molar-refractivity contribution in [2.24, 2.45) is 5.92 Å². The third-order valence-electron chi connectivity index (χ3n) is 6.81. The lowest BCUT2D eigenvalue weighted by molar-refractivity contribution is -0.231. The zero-order valence-electron chi connectivity index (χ0n) is 20.9. The molecule has 10 nitrogen and oxygen atoms in total. The minimum Gasteiger partial charge on any atom is -0.394 e. The van der Waals surface area contributed by atoms with E-state index in [4.69, 9.17) is 4.74 Å². The summed E-state index contributed by atoms with van der Waals surface area (Å²) in [6, 6.07) is 8.04. The first-order chi connectivity index (χ1) is 17.7. The second-order valence-electron chi connectivity index (χ2n) is 9.60. The van der Waals surface area contributed by atoms with E-state index < -0.39 is 55.3 Å². The van der Waals surface area contributed by atoms with Crippen LogP contribution >= 0.6 is 11.3 Å². The van der Waals surface area contributed by atoms with E-state index in [1.807, 2.05) is 12.1 Å². The number of carbonyl (C=O) groups excluding carboxylic acids is 1. The second kappa shape index (κ2) is 14.3. The van der Waals surface area contributed by atoms with Crippen molar-refractivity contribution in [1.29, 1.82) is 0 Å². The number of aryl methyl sites for hydroxylation is 1. The molecule has 2 aromatic rings. The first-order valence-corrected chi connectivity index (χ1v) is 13.4. The van der Waals surface area contributed by atoms with Crippen molar-refractivity contribution in [3.8, 4) is 10.4 Å². The molecule has 206 valence electrons. The van der Waals surface area contributed by atoms with E-state index in [1.165, 1.54) is 11.8 Å². The summed E-state index contributed by atoms with van der Waals surface area (Å²) < 4.78 is 5.53. The standard InChI is InChI=1S/C26H38N2O8S/c1-15(30)23(32)17(5-7-19-24(33)26(35)25(34)20(14-29)36-19)13-28-22(31)4-2-3-18-6-8-21(37-18)16-9-11-27-12-10-16/h6,8-12,15,17,19-20,23-26,29-30,32-35H,2-5,7,13-14H2,1H3,(H,28,31). The van der Waals surface area contributed by atoms with Crippen LogP contribution in [0.3, 0.4) is 0 Å². The average molecular weight is 539 g/mol. The predicted octanol–water partition coefficient (Wildman–Crippen LogP) is 0.230. The lowest BCUT2D eigenvalue weighted by atomic mass is 9.87. The molecule has 3 heterocycles. The van der Waals surface area contributed by atoms with Crippen LogP contribution in [0.2, 0.25) is 0 Å². The van der Waals surface area contributed by atoms with Gasteiger partial charge in [-0.2, -0.15) is 0 Å². The monoisotopic (exact) mass is 538 g/mol. The Bertz CT molecular complexity index is 957. The number of nitrogens with zero attached hydrogens (tertiary/aromatic N) is 1. The first kappa shape index (κ1) is 29.6. The highest BCUT2D eigenvalue weighted by molar-refractivity contribution is 7.15. The number of ether oxygens (including phenoxy) is 1. The number of hydrogen-bond acceptors (Lipinski definition) is 10. The highest BCUT2D eigenvalue weighted by atomic mass is 32.1. The molecule has 0 aromatic carbocycles. The van der Waals surface area contributed by atoms with Gasteiger partial charge in [-0.15, -0.1) is 11.3 Å². The SMILES string of the molecule is CC(O)C(O)C(CCC1OC(CO)C(O)C(O)C1O)CNC(=O)CCCc1ccc(-c2ccncc2)s1. The number of rotatable bonds is 13. The Kier molecular flexibility index (Phi) is 11.4. The number of aliphatic hydroxyl groups is 6. The summed E-state index contributed by atoms with van der Waals surface area (Å²) in [6.07, 6.45) is -2.62. The van der Waals surface area contributed by atoms with Crippen molar-refractivity contribution in [1.82, 2.24) is 10.3 Å². The van der Waals surface area contributed by atoms with Crippen LogP contribution in [0.25, 0.3) is 10.4 Å². The average Bonchev–Trinajstić information content (AvgIpc) is 3.37. The molecule has 8 unspecified atom stereocenters. The molecule has 1 aliphatic rings. The van der Waals surface area contributed by atoms with Crippen LogP contribution in [0.15, 0.2) is 36.7 Å². The molecule has 7 N–H and O–H groups in total. The zero-order valence-corrected chi connectivity index (χ0v) is 21.7. The highest BCUT2D eigenvalue weighted by Gasteiger charge is 2.43. The summed E-state index contributed by atoms with van der Waals surface area (Å²) in [6.45, 7) is 1.05. The molecule has 0 saturated carbocycles. The highest BCUT2D eigenvalue weighted by Crippen LogP contribution is 2.29. The van der Waals surface area contributed by atoms with E-state index in [0.717, 1.165) is 16.9 Å². The number of hydrogen-bond donors (Lipinski definition) is 7. The molecular formula is C26H38N2O8S. The number of aliphatic hydroxyl groups excluding tert-OH is 6. The molecular weight excluding hydrogens is 500 g/mol. The van der Waals surface area contributed by atoms with Crippen LogP contribution in [0.5, 0.6) is 0 Å². The van der Waals surface area contributed by atoms with Gasteiger partial charge in [-0.1, -0.05) is 0 Å². The molecule has 37 heavy (non-hydrogen) atoms. The Balaban J connectivity index is 1.46. The van der Waals surface area contributed by atoms with Gasteiger partial charge in [0, 0.05) is 41.0 Å². The van der Waals surface area contributed by atoms with Crippen LogP contribution in [0.4, 0.5) is 0 Å². The van der Waals surface area contributed by atoms with Gasteiger partial charge in [0.15, 0.2) is 0 Å². The third kappa shape index (κ3) is 8.26. The molecule has 3 rings (SSSR count). The van der Waals surface area contributed by atoms with Crippen molar-refractivity contribution in [2.45, 2.75) is 81.8 Å². The van der Waals surface area contributed by atoms with Gasteiger partial charge in [0.1, 0.15) is 24.4 Å². The van der Waals surface area contributed by atoms with E-state index in [0.29, 0.717) is 12.8 Å². The van der Waals surface area contributed by atoms with Crippen molar-refractivity contribution in [3.63, 3.8) is 0 Å². The Morgan fingerprint density at radius 1 is 1.08 bits per heavy atom. The van der Waals surface area contributed by atoms with Crippen molar-refractivity contribution in [2.75, 3.05) is 13.2 Å². The number of nitrogens with one attached hydrogen (secondary N) is 1. The van der Waals surface area contributed by atoms with Crippen LogP contribution in [0, 0.1) is 5.92 Å². The number of aromatic nitrogens is 1. The van der Waals surface area contributed by atoms with Gasteiger partial charge in [0.2, 0.25) is 5.91 Å². The van der Waals surface area contributed by atoms with Crippen molar-refractivity contribution in [3.05, 3.63) is 41.5 Å². The fourth-order valence-electron chi connectivity index (χ4n) is 4.52. The van der Waals surface area contributed by atoms with Gasteiger partial charge >= 0.3 is 0 Å². The largest absolute Gasteiger partial charge is 0.394 e. The maximum atomic E-state index is 12.5. The van der Waals surface area contributed by atoms with Gasteiger partial charge in [-0.3, -0.25) is 9.78 Å². The van der Waals surface area contributed by atoms with E-state index >= 15 is 0 Å². The maximum absolute atomic E-state index is 12.5. The van der Waals surface area contributed by atoms with E-state index in [2.05, 4.69) is 22.4 Å². The molecule has 0 bridgehead atoms. The first-order valence-electron chi connectivity index (χ1n) is 12.6. The van der Waals surface area contributed by atoms with E-state index in [1.54, 1.807) is 23.7 Å². The summed E-state index contributed by atoms with van der Waals surface area (Å²) in [5.41, 5.74) is 1.11. The van der Waals surface area contributed by atoms with Crippen LogP contribution in [-0.2, 0) is 16.0 Å². The predicted molar refractivity (Wildman–Crippen MR) is 138 cm³/mol. The second-order valence-corrected chi connectivity index (χ2v) is 10.8. The van der Waals surface area contributed by atoms with Crippen LogP contribution in [0.1, 0.15) is 37.5 Å². The molecule has 0 aliphatic carbocycles. The molecule has 1 amide bonds. The third-order valence-corrected chi connectivity index (χ3v) is 8.00. The summed E-state index contributed by atoms with van der Waals surface area (Å²) in [4.78, 5) is 18.8. The van der Waals surface area contributed by atoms with Crippen molar-refractivity contribution >= 4 is 17.2 Å². The molecule has 11 heteroatoms. The summed E-state index contributed by atoms with van der Waals surface area (Å²) in [5, 5.41) is 62.8. The minimum atomic E-state index is -1.47. The Morgan fingerprint density at radius 3 is 2.46 bits per heavy atom. The fraction of sp³-hybridized carbons (Fsp3) is 0.615. The molecule has 1 saturated heterocycles. The maximum Gasteiger partial charge on any atom is 0.220 e. The lowest BCUT2D eigenvalue weighted by Crippen LogP contribution is -2.58.